The summed E-state index contributed by atoms with van der Waals surface area (Å²) >= 11 is 0. The summed E-state index contributed by atoms with van der Waals surface area (Å²) in [6.45, 7) is 11.0. The van der Waals surface area contributed by atoms with Gasteiger partial charge in [0.25, 0.3) is 0 Å². The highest BCUT2D eigenvalue weighted by Crippen LogP contribution is 2.66. The Morgan fingerprint density at radius 2 is 1.79 bits per heavy atom. The Labute approximate surface area is 177 Å². The number of rotatable bonds is 4. The fourth-order valence-corrected chi connectivity index (χ4v) is 7.51. The van der Waals surface area contributed by atoms with Crippen LogP contribution >= 0.6 is 0 Å². The molecule has 4 rings (SSSR count). The zero-order chi connectivity index (χ0) is 21.0. The Bertz CT molecular complexity index is 737. The van der Waals surface area contributed by atoms with E-state index < -0.39 is 0 Å². The lowest BCUT2D eigenvalue weighted by Crippen LogP contribution is -2.53. The third-order valence-electron chi connectivity index (χ3n) is 9.25. The molecule has 162 valence electrons. The summed E-state index contributed by atoms with van der Waals surface area (Å²) in [5.74, 6) is 2.52. The van der Waals surface area contributed by atoms with E-state index in [1.54, 1.807) is 5.57 Å². The third kappa shape index (κ3) is 3.21. The van der Waals surface area contributed by atoms with Crippen molar-refractivity contribution in [3.63, 3.8) is 0 Å². The van der Waals surface area contributed by atoms with Gasteiger partial charge in [-0.15, -0.1) is 0 Å². The minimum Gasteiger partial charge on any atom is -0.394 e. The van der Waals surface area contributed by atoms with Crippen molar-refractivity contribution in [2.75, 3.05) is 27.2 Å². The predicted molar refractivity (Wildman–Crippen MR) is 118 cm³/mol. The fourth-order valence-electron chi connectivity index (χ4n) is 7.51. The number of hydrogen-bond acceptors (Lipinski definition) is 4. The van der Waals surface area contributed by atoms with E-state index in [0.717, 1.165) is 45.1 Å². The van der Waals surface area contributed by atoms with E-state index in [1.165, 1.54) is 12.1 Å². The molecule has 3 saturated carbocycles. The Hall–Kier alpha value is -1.16. The maximum atomic E-state index is 12.6. The molecule has 0 N–H and O–H groups in total. The highest BCUT2D eigenvalue weighted by Gasteiger charge is 2.60. The van der Waals surface area contributed by atoms with Gasteiger partial charge in [0.1, 0.15) is 12.4 Å². The van der Waals surface area contributed by atoms with Crippen LogP contribution in [0.1, 0.15) is 72.6 Å². The molecule has 29 heavy (non-hydrogen) atoms. The average molecular weight is 401 g/mol. The van der Waals surface area contributed by atoms with Gasteiger partial charge in [-0.3, -0.25) is 4.79 Å². The molecule has 0 bridgehead atoms. The topological polar surface area (TPSA) is 41.9 Å². The number of Topliss-reactive ketones (excluding diaryl/α,β-unsaturated/α-hetero) is 1. The molecular weight excluding hydrogens is 360 g/mol. The van der Waals surface area contributed by atoms with E-state index in [4.69, 9.17) is 4.84 Å². The van der Waals surface area contributed by atoms with Crippen molar-refractivity contribution in [3.8, 4) is 0 Å². The number of carbonyl (C=O) groups is 1. The van der Waals surface area contributed by atoms with Crippen molar-refractivity contribution in [1.29, 1.82) is 0 Å². The number of nitrogens with zero attached hydrogens (tertiary/aromatic N) is 2. The second kappa shape index (κ2) is 7.21. The molecule has 3 fully saturated rings. The van der Waals surface area contributed by atoms with Gasteiger partial charge in [0.15, 0.2) is 0 Å². The molecule has 0 saturated heterocycles. The molecule has 0 heterocycles. The van der Waals surface area contributed by atoms with Gasteiger partial charge in [-0.25, -0.2) is 0 Å². The number of oxime groups is 1. The van der Waals surface area contributed by atoms with Crippen molar-refractivity contribution >= 4 is 11.5 Å². The molecule has 0 spiro atoms. The number of fused-ring (bicyclic) bond motifs is 5. The van der Waals surface area contributed by atoms with Gasteiger partial charge in [0.2, 0.25) is 0 Å². The monoisotopic (exact) mass is 400 g/mol. The second-order valence-electron chi connectivity index (χ2n) is 11.4. The van der Waals surface area contributed by atoms with Crippen LogP contribution in [0.15, 0.2) is 16.8 Å². The van der Waals surface area contributed by atoms with E-state index in [9.17, 15) is 4.79 Å². The molecule has 4 aliphatic carbocycles. The van der Waals surface area contributed by atoms with Gasteiger partial charge in [-0.05, 0) is 75.8 Å². The van der Waals surface area contributed by atoms with E-state index >= 15 is 0 Å². The van der Waals surface area contributed by atoms with E-state index in [2.05, 4.69) is 57.9 Å². The summed E-state index contributed by atoms with van der Waals surface area (Å²) in [6.07, 6.45) is 10.1. The summed E-state index contributed by atoms with van der Waals surface area (Å²) in [5, 5.41) is 4.61. The quantitative estimate of drug-likeness (QED) is 0.375. The maximum Gasteiger partial charge on any atom is 0.139 e. The normalized spacial score (nSPS) is 42.3. The van der Waals surface area contributed by atoms with Crippen LogP contribution in [0.2, 0.25) is 0 Å². The van der Waals surface area contributed by atoms with Gasteiger partial charge in [0.05, 0.1) is 5.71 Å². The highest BCUT2D eigenvalue weighted by atomic mass is 16.6. The van der Waals surface area contributed by atoms with Gasteiger partial charge < -0.3 is 9.74 Å². The molecule has 0 amide bonds. The van der Waals surface area contributed by atoms with Crippen LogP contribution < -0.4 is 0 Å². The maximum absolute atomic E-state index is 12.6. The molecule has 4 heteroatoms. The molecule has 0 aromatic carbocycles. The Kier molecular flexibility index (Phi) is 5.25. The molecular formula is C25H40N2O2. The number of allylic oxidation sites excluding steroid dienone is 2. The van der Waals surface area contributed by atoms with Crippen LogP contribution in [0.25, 0.3) is 0 Å². The van der Waals surface area contributed by atoms with Crippen molar-refractivity contribution in [3.05, 3.63) is 11.6 Å². The lowest BCUT2D eigenvalue weighted by atomic mass is 9.45. The van der Waals surface area contributed by atoms with E-state index in [-0.39, 0.29) is 16.2 Å². The van der Waals surface area contributed by atoms with Gasteiger partial charge in [0, 0.05) is 23.8 Å². The Morgan fingerprint density at radius 3 is 2.52 bits per heavy atom. The smallest absolute Gasteiger partial charge is 0.139 e. The fraction of sp³-hybridized carbons (Fsp3) is 0.840. The summed E-state index contributed by atoms with van der Waals surface area (Å²) < 4.78 is 0. The molecule has 0 aromatic rings. The average Bonchev–Trinajstić information content (AvgIpc) is 2.95. The minimum absolute atomic E-state index is 0.0394. The number of hydrogen-bond donors (Lipinski definition) is 0. The molecule has 0 aliphatic heterocycles. The van der Waals surface area contributed by atoms with Crippen LogP contribution in [-0.4, -0.2) is 43.6 Å². The molecule has 5 atom stereocenters. The second-order valence-corrected chi connectivity index (χ2v) is 11.4. The SMILES string of the molecule is CN(C)CCO/N=C1\CC[C@@]2(C)C(=CC[C@@H]3[C@@H]2CC[C@]2(C)C(=O)CC[C@@H]32)C1(C)C. The van der Waals surface area contributed by atoms with Crippen LogP contribution in [0.4, 0.5) is 0 Å². The van der Waals surface area contributed by atoms with Crippen molar-refractivity contribution in [2.45, 2.75) is 72.6 Å². The summed E-state index contributed by atoms with van der Waals surface area (Å²) in [6, 6.07) is 0. The largest absolute Gasteiger partial charge is 0.394 e. The summed E-state index contributed by atoms with van der Waals surface area (Å²) in [7, 11) is 4.12. The molecule has 0 aromatic heterocycles. The first-order valence-electron chi connectivity index (χ1n) is 11.7. The standard InChI is InChI=1S/C25H40N2O2/c1-23(2)20-9-7-17-18-8-10-22(28)25(18,4)13-11-19(17)24(20,3)14-12-21(23)26-29-16-15-27(5)6/h9,17-19H,7-8,10-16H2,1-6H3/b26-21+/t17-,18-,19-,24+,25-/m0/s1. The zero-order valence-corrected chi connectivity index (χ0v) is 19.4. The zero-order valence-electron chi connectivity index (χ0n) is 19.4. The minimum atomic E-state index is -0.0417. The highest BCUT2D eigenvalue weighted by molar-refractivity contribution is 5.93. The number of ketones is 1. The van der Waals surface area contributed by atoms with Crippen LogP contribution in [0.3, 0.4) is 0 Å². The Balaban J connectivity index is 1.58. The third-order valence-corrected chi connectivity index (χ3v) is 9.25. The summed E-state index contributed by atoms with van der Waals surface area (Å²) in [4.78, 5) is 20.5. The molecule has 4 nitrogen and oxygen atoms in total. The van der Waals surface area contributed by atoms with E-state index in [0.29, 0.717) is 30.1 Å². The first-order chi connectivity index (χ1) is 13.6. The van der Waals surface area contributed by atoms with Crippen LogP contribution in [-0.2, 0) is 9.63 Å². The van der Waals surface area contributed by atoms with Gasteiger partial charge in [-0.2, -0.15) is 0 Å². The molecule has 4 aliphatic rings. The van der Waals surface area contributed by atoms with Crippen LogP contribution in [0, 0.1) is 34.0 Å². The van der Waals surface area contributed by atoms with Crippen molar-refractivity contribution in [1.82, 2.24) is 4.90 Å². The number of likely N-dealkylation sites (N-methyl/N-ethyl adjacent to an activating group) is 1. The van der Waals surface area contributed by atoms with Crippen molar-refractivity contribution in [2.24, 2.45) is 39.2 Å². The molecule has 0 unspecified atom stereocenters. The van der Waals surface area contributed by atoms with E-state index in [1.807, 2.05) is 0 Å². The first-order valence-corrected chi connectivity index (χ1v) is 11.7. The summed E-state index contributed by atoms with van der Waals surface area (Å²) in [5.41, 5.74) is 2.94. The van der Waals surface area contributed by atoms with Crippen LogP contribution in [0.5, 0.6) is 0 Å². The first kappa shape index (κ1) is 21.1. The predicted octanol–water partition coefficient (Wildman–Crippen LogP) is 5.09. The number of carbonyl (C=O) groups excluding carboxylic acids is 1. The Morgan fingerprint density at radius 1 is 1.07 bits per heavy atom. The lowest BCUT2D eigenvalue weighted by molar-refractivity contribution is -0.131. The molecule has 0 radical (unpaired) electrons. The van der Waals surface area contributed by atoms with Gasteiger partial charge >= 0.3 is 0 Å². The van der Waals surface area contributed by atoms with Crippen molar-refractivity contribution < 1.29 is 9.63 Å². The van der Waals surface area contributed by atoms with Gasteiger partial charge in [-0.1, -0.05) is 44.5 Å². The lowest BCUT2D eigenvalue weighted by Gasteiger charge is -2.59.